The molecule has 2 rings (SSSR count). The number of aromatic nitrogens is 1. The first-order valence-electron chi connectivity index (χ1n) is 5.68. The van der Waals surface area contributed by atoms with Crippen LogP contribution in [0.2, 0.25) is 0 Å². The van der Waals surface area contributed by atoms with E-state index in [4.69, 9.17) is 0 Å². The normalized spacial score (nSPS) is 9.95. The summed E-state index contributed by atoms with van der Waals surface area (Å²) in [5.41, 5.74) is 0.541. The molecule has 0 aliphatic rings. The number of benzene rings is 1. The lowest BCUT2D eigenvalue weighted by Crippen LogP contribution is -2.22. The molecule has 0 atom stereocenters. The van der Waals surface area contributed by atoms with E-state index >= 15 is 0 Å². The molecule has 0 spiro atoms. The molecule has 0 radical (unpaired) electrons. The average Bonchev–Trinajstić information content (AvgIpc) is 2.39. The summed E-state index contributed by atoms with van der Waals surface area (Å²) in [4.78, 5) is 37.0. The van der Waals surface area contributed by atoms with E-state index in [0.29, 0.717) is 11.3 Å². The molecule has 2 aromatic rings. The Balaban J connectivity index is 2.25. The van der Waals surface area contributed by atoms with Gasteiger partial charge in [-0.25, -0.2) is 0 Å². The summed E-state index contributed by atoms with van der Waals surface area (Å²) in [7, 11) is 0. The van der Waals surface area contributed by atoms with Gasteiger partial charge in [-0.2, -0.15) is 0 Å². The van der Waals surface area contributed by atoms with E-state index < -0.39 is 11.5 Å². The molecular formula is C14H12N2O3. The minimum atomic E-state index is -0.512. The Hall–Kier alpha value is -2.69. The first-order chi connectivity index (χ1) is 9.08. The maximum Gasteiger partial charge on any atom is 0.261 e. The van der Waals surface area contributed by atoms with Gasteiger partial charge in [-0.1, -0.05) is 12.1 Å². The van der Waals surface area contributed by atoms with Crippen LogP contribution in [0.1, 0.15) is 27.6 Å². The highest BCUT2D eigenvalue weighted by Gasteiger charge is 2.10. The molecule has 5 nitrogen and oxygen atoms in total. The summed E-state index contributed by atoms with van der Waals surface area (Å²) in [6, 6.07) is 9.55. The zero-order chi connectivity index (χ0) is 13.8. The number of ketones is 1. The van der Waals surface area contributed by atoms with E-state index in [1.54, 1.807) is 30.3 Å². The molecular weight excluding hydrogens is 244 g/mol. The Morgan fingerprint density at radius 3 is 2.63 bits per heavy atom. The van der Waals surface area contributed by atoms with Gasteiger partial charge in [-0.3, -0.25) is 14.4 Å². The maximum absolute atomic E-state index is 11.9. The quantitative estimate of drug-likeness (QED) is 0.822. The summed E-state index contributed by atoms with van der Waals surface area (Å²) in [5, 5.41) is 2.58. The molecule has 2 N–H and O–H groups in total. The standard InChI is InChI=1S/C14H12N2O3/c1-9(17)10-4-2-5-11(8-10)16-14(19)12-6-3-7-15-13(12)18/h2-8H,1H3,(H,15,18)(H,16,19). The van der Waals surface area contributed by atoms with Gasteiger partial charge in [-0.15, -0.1) is 0 Å². The Bertz CT molecular complexity index is 689. The number of pyridine rings is 1. The second-order valence-corrected chi connectivity index (χ2v) is 4.00. The largest absolute Gasteiger partial charge is 0.328 e. The number of H-pyrrole nitrogens is 1. The van der Waals surface area contributed by atoms with Crippen molar-refractivity contribution in [3.63, 3.8) is 0 Å². The Labute approximate surface area is 109 Å². The van der Waals surface area contributed by atoms with E-state index in [1.165, 1.54) is 19.2 Å². The molecule has 19 heavy (non-hydrogen) atoms. The van der Waals surface area contributed by atoms with Crippen molar-refractivity contribution in [2.24, 2.45) is 0 Å². The van der Waals surface area contributed by atoms with Crippen molar-refractivity contribution in [1.29, 1.82) is 0 Å². The second-order valence-electron chi connectivity index (χ2n) is 4.00. The first-order valence-corrected chi connectivity index (χ1v) is 5.68. The Morgan fingerprint density at radius 1 is 1.16 bits per heavy atom. The number of carbonyl (C=O) groups is 2. The highest BCUT2D eigenvalue weighted by Crippen LogP contribution is 2.11. The molecule has 1 amide bonds. The van der Waals surface area contributed by atoms with Crippen LogP contribution in [0, 0.1) is 0 Å². The van der Waals surface area contributed by atoms with E-state index in [1.807, 2.05) is 0 Å². The van der Waals surface area contributed by atoms with Crippen LogP contribution in [0.25, 0.3) is 0 Å². The molecule has 0 bridgehead atoms. The average molecular weight is 256 g/mol. The summed E-state index contributed by atoms with van der Waals surface area (Å²) < 4.78 is 0. The maximum atomic E-state index is 11.9. The van der Waals surface area contributed by atoms with Crippen molar-refractivity contribution in [3.8, 4) is 0 Å². The van der Waals surface area contributed by atoms with Gasteiger partial charge in [0.05, 0.1) is 0 Å². The third kappa shape index (κ3) is 2.95. The van der Waals surface area contributed by atoms with Gasteiger partial charge in [0.2, 0.25) is 0 Å². The topological polar surface area (TPSA) is 79.0 Å². The second kappa shape index (κ2) is 5.30. The zero-order valence-corrected chi connectivity index (χ0v) is 10.3. The van der Waals surface area contributed by atoms with Crippen molar-refractivity contribution < 1.29 is 9.59 Å². The fourth-order valence-corrected chi connectivity index (χ4v) is 1.61. The van der Waals surface area contributed by atoms with Crippen LogP contribution in [-0.2, 0) is 0 Å². The van der Waals surface area contributed by atoms with E-state index in [-0.39, 0.29) is 11.3 Å². The third-order valence-electron chi connectivity index (χ3n) is 2.59. The van der Waals surface area contributed by atoms with Gasteiger partial charge in [0, 0.05) is 17.4 Å². The molecule has 1 aromatic heterocycles. The smallest absolute Gasteiger partial charge is 0.261 e. The lowest BCUT2D eigenvalue weighted by Gasteiger charge is -2.05. The van der Waals surface area contributed by atoms with Crippen LogP contribution >= 0.6 is 0 Å². The number of anilines is 1. The molecule has 0 fully saturated rings. The molecule has 0 aliphatic heterocycles. The summed E-state index contributed by atoms with van der Waals surface area (Å²) >= 11 is 0. The number of carbonyl (C=O) groups excluding carboxylic acids is 2. The first kappa shape index (κ1) is 12.8. The number of hydrogen-bond donors (Lipinski definition) is 2. The Morgan fingerprint density at radius 2 is 1.95 bits per heavy atom. The van der Waals surface area contributed by atoms with Gasteiger partial charge < -0.3 is 10.3 Å². The van der Waals surface area contributed by atoms with Gasteiger partial charge in [-0.05, 0) is 31.2 Å². The van der Waals surface area contributed by atoms with Crippen molar-refractivity contribution in [2.75, 3.05) is 5.32 Å². The van der Waals surface area contributed by atoms with Crippen molar-refractivity contribution in [3.05, 3.63) is 64.1 Å². The van der Waals surface area contributed by atoms with Crippen LogP contribution in [-0.4, -0.2) is 16.7 Å². The molecule has 0 saturated carbocycles. The van der Waals surface area contributed by atoms with Gasteiger partial charge in [0.25, 0.3) is 11.5 Å². The van der Waals surface area contributed by atoms with Gasteiger partial charge >= 0.3 is 0 Å². The number of aromatic amines is 1. The summed E-state index contributed by atoms with van der Waals surface area (Å²) in [6.07, 6.45) is 1.45. The predicted molar refractivity (Wildman–Crippen MR) is 71.5 cm³/mol. The number of amides is 1. The molecule has 5 heteroatoms. The van der Waals surface area contributed by atoms with Gasteiger partial charge in [0.15, 0.2) is 5.78 Å². The lowest BCUT2D eigenvalue weighted by molar-refractivity contribution is 0.101. The molecule has 0 aliphatic carbocycles. The fraction of sp³-hybridized carbons (Fsp3) is 0.0714. The van der Waals surface area contributed by atoms with Crippen LogP contribution in [0.5, 0.6) is 0 Å². The van der Waals surface area contributed by atoms with E-state index in [2.05, 4.69) is 10.3 Å². The monoisotopic (exact) mass is 256 g/mol. The molecule has 1 heterocycles. The molecule has 0 unspecified atom stereocenters. The SMILES string of the molecule is CC(=O)c1cccc(NC(=O)c2ccc[nH]c2=O)c1. The minimum Gasteiger partial charge on any atom is -0.328 e. The highest BCUT2D eigenvalue weighted by atomic mass is 16.2. The fourth-order valence-electron chi connectivity index (χ4n) is 1.61. The van der Waals surface area contributed by atoms with E-state index in [0.717, 1.165) is 0 Å². The summed E-state index contributed by atoms with van der Waals surface area (Å²) in [6.45, 7) is 1.45. The van der Waals surface area contributed by atoms with Crippen LogP contribution in [0.3, 0.4) is 0 Å². The summed E-state index contributed by atoms with van der Waals surface area (Å²) in [5.74, 6) is -0.601. The van der Waals surface area contributed by atoms with Crippen molar-refractivity contribution in [2.45, 2.75) is 6.92 Å². The van der Waals surface area contributed by atoms with E-state index in [9.17, 15) is 14.4 Å². The molecule has 96 valence electrons. The number of rotatable bonds is 3. The molecule has 0 saturated heterocycles. The zero-order valence-electron chi connectivity index (χ0n) is 10.3. The Kier molecular flexibility index (Phi) is 3.56. The third-order valence-corrected chi connectivity index (χ3v) is 2.59. The van der Waals surface area contributed by atoms with Gasteiger partial charge in [0.1, 0.15) is 5.56 Å². The van der Waals surface area contributed by atoms with Crippen LogP contribution in [0.15, 0.2) is 47.4 Å². The van der Waals surface area contributed by atoms with Crippen LogP contribution < -0.4 is 10.9 Å². The van der Waals surface area contributed by atoms with Crippen molar-refractivity contribution in [1.82, 2.24) is 4.98 Å². The molecule has 1 aromatic carbocycles. The lowest BCUT2D eigenvalue weighted by atomic mass is 10.1. The number of nitrogens with one attached hydrogen (secondary N) is 2. The predicted octanol–water partition coefficient (Wildman–Crippen LogP) is 1.83. The minimum absolute atomic E-state index is 0.0238. The van der Waals surface area contributed by atoms with Crippen LogP contribution in [0.4, 0.5) is 5.69 Å². The number of Topliss-reactive ketones (excluding diaryl/α,β-unsaturated/α-hetero) is 1. The highest BCUT2D eigenvalue weighted by molar-refractivity contribution is 6.04. The number of hydrogen-bond acceptors (Lipinski definition) is 3. The van der Waals surface area contributed by atoms with Crippen molar-refractivity contribution >= 4 is 17.4 Å².